The molecular weight excluding hydrogens is 216 g/mol. The van der Waals surface area contributed by atoms with Crippen LogP contribution in [0.15, 0.2) is 10.5 Å². The molecule has 0 saturated heterocycles. The predicted octanol–water partition coefficient (Wildman–Crippen LogP) is -0.225. The molecule has 0 spiro atoms. The maximum atomic E-state index is 10.6. The van der Waals surface area contributed by atoms with E-state index >= 15 is 0 Å². The molecule has 0 unspecified atom stereocenters. The van der Waals surface area contributed by atoms with Crippen LogP contribution in [-0.4, -0.2) is 37.2 Å². The van der Waals surface area contributed by atoms with Crippen molar-refractivity contribution in [1.29, 1.82) is 0 Å². The summed E-state index contributed by atoms with van der Waals surface area (Å²) in [6, 6.07) is 0. The average Bonchev–Trinajstić information content (AvgIpc) is 2.65. The van der Waals surface area contributed by atoms with Gasteiger partial charge in [-0.05, 0) is 7.05 Å². The fourth-order valence-corrected chi connectivity index (χ4v) is 1.32. The Labute approximate surface area is 91.1 Å². The second-order valence-electron chi connectivity index (χ2n) is 2.55. The van der Waals surface area contributed by atoms with E-state index in [1.807, 2.05) is 0 Å². The molecule has 1 aromatic rings. The van der Waals surface area contributed by atoms with Crippen molar-refractivity contribution in [3.63, 3.8) is 0 Å². The first-order valence-electron chi connectivity index (χ1n) is 4.22. The molecule has 1 aromatic heterocycles. The summed E-state index contributed by atoms with van der Waals surface area (Å²) in [6.45, 7) is 1.02. The van der Waals surface area contributed by atoms with Gasteiger partial charge in [0.05, 0.1) is 0 Å². The summed E-state index contributed by atoms with van der Waals surface area (Å²) in [4.78, 5) is 19.3. The smallest absolute Gasteiger partial charge is 0.259 e. The Bertz CT molecular complexity index is 350. The van der Waals surface area contributed by atoms with Crippen molar-refractivity contribution in [3.05, 3.63) is 11.1 Å². The lowest BCUT2D eigenvalue weighted by Crippen LogP contribution is -2.13. The summed E-state index contributed by atoms with van der Waals surface area (Å²) in [5.41, 5.74) is 5.83. The minimum absolute atomic E-state index is 0.0269. The van der Waals surface area contributed by atoms with Gasteiger partial charge in [-0.1, -0.05) is 5.16 Å². The number of hydrogen-bond acceptors (Lipinski definition) is 7. The van der Waals surface area contributed by atoms with Crippen LogP contribution in [-0.2, 0) is 9.63 Å². The number of nitrogens with zero attached hydrogens (tertiary/aromatic N) is 2. The van der Waals surface area contributed by atoms with Crippen LogP contribution in [0.1, 0.15) is 5.69 Å². The maximum absolute atomic E-state index is 10.6. The second kappa shape index (κ2) is 6.10. The lowest BCUT2D eigenvalue weighted by Gasteiger charge is -1.98. The standard InChI is InChI=1S/C8H11N4O2S/c1-10-2-3-14-12-6(4-13)7-5-15-8(9)11-7/h5,10H,2-3H2,1H3,(H2,9,11)/b12-6+. The number of carbonyl (C=O) groups excluding carboxylic acids is 1. The molecule has 0 saturated carbocycles. The molecule has 6 nitrogen and oxygen atoms in total. The zero-order valence-corrected chi connectivity index (χ0v) is 9.00. The van der Waals surface area contributed by atoms with E-state index < -0.39 is 0 Å². The Morgan fingerprint density at radius 1 is 1.87 bits per heavy atom. The van der Waals surface area contributed by atoms with E-state index in [0.717, 1.165) is 0 Å². The van der Waals surface area contributed by atoms with Gasteiger partial charge in [0, 0.05) is 11.9 Å². The van der Waals surface area contributed by atoms with Gasteiger partial charge in [0.25, 0.3) is 6.29 Å². The average molecular weight is 227 g/mol. The molecule has 0 bridgehead atoms. The molecule has 1 rings (SSSR count). The fourth-order valence-electron chi connectivity index (χ4n) is 0.772. The van der Waals surface area contributed by atoms with E-state index in [1.165, 1.54) is 11.3 Å². The van der Waals surface area contributed by atoms with Crippen molar-refractivity contribution in [1.82, 2.24) is 10.3 Å². The van der Waals surface area contributed by atoms with Gasteiger partial charge in [0.15, 0.2) is 10.8 Å². The van der Waals surface area contributed by atoms with Gasteiger partial charge in [-0.3, -0.25) is 4.79 Å². The van der Waals surface area contributed by atoms with Gasteiger partial charge in [-0.15, -0.1) is 11.3 Å². The van der Waals surface area contributed by atoms with Crippen molar-refractivity contribution >= 4 is 28.5 Å². The van der Waals surface area contributed by atoms with Crippen molar-refractivity contribution in [2.45, 2.75) is 0 Å². The molecule has 0 aliphatic rings. The van der Waals surface area contributed by atoms with Crippen LogP contribution in [0.2, 0.25) is 0 Å². The molecule has 7 heteroatoms. The number of thiazole rings is 1. The summed E-state index contributed by atoms with van der Waals surface area (Å²) in [6.07, 6.45) is 1.65. The highest BCUT2D eigenvalue weighted by molar-refractivity contribution is 7.13. The molecule has 0 amide bonds. The molecule has 0 aliphatic carbocycles. The van der Waals surface area contributed by atoms with E-state index in [1.54, 1.807) is 18.7 Å². The molecule has 0 aromatic carbocycles. The van der Waals surface area contributed by atoms with E-state index in [2.05, 4.69) is 15.5 Å². The number of oxime groups is 1. The molecule has 0 atom stereocenters. The molecule has 1 heterocycles. The topological polar surface area (TPSA) is 89.6 Å². The highest BCUT2D eigenvalue weighted by Crippen LogP contribution is 2.11. The predicted molar refractivity (Wildman–Crippen MR) is 58.6 cm³/mol. The number of nitrogens with one attached hydrogen (secondary N) is 1. The second-order valence-corrected chi connectivity index (χ2v) is 3.44. The van der Waals surface area contributed by atoms with Crippen LogP contribution in [0.3, 0.4) is 0 Å². The van der Waals surface area contributed by atoms with Crippen LogP contribution in [0.25, 0.3) is 0 Å². The Kier molecular flexibility index (Phi) is 4.72. The first kappa shape index (κ1) is 11.6. The quantitative estimate of drug-likeness (QED) is 0.398. The number of hydrogen-bond donors (Lipinski definition) is 2. The first-order valence-corrected chi connectivity index (χ1v) is 5.10. The molecule has 1 radical (unpaired) electrons. The van der Waals surface area contributed by atoms with Crippen LogP contribution in [0, 0.1) is 0 Å². The SMILES string of the molecule is CNCCO/N=C(\[C]=O)c1csc(N)n1. The van der Waals surface area contributed by atoms with Gasteiger partial charge >= 0.3 is 0 Å². The summed E-state index contributed by atoms with van der Waals surface area (Å²) < 4.78 is 0. The van der Waals surface area contributed by atoms with Gasteiger partial charge in [-0.25, -0.2) is 4.98 Å². The Balaban J connectivity index is 2.59. The van der Waals surface area contributed by atoms with Gasteiger partial charge in [0.1, 0.15) is 12.3 Å². The molecule has 0 aliphatic heterocycles. The monoisotopic (exact) mass is 227 g/mol. The molecule has 3 N–H and O–H groups in total. The molecule has 15 heavy (non-hydrogen) atoms. The lowest BCUT2D eigenvalue weighted by atomic mass is 10.3. The van der Waals surface area contributed by atoms with Crippen LogP contribution < -0.4 is 11.1 Å². The van der Waals surface area contributed by atoms with Crippen molar-refractivity contribution in [3.8, 4) is 0 Å². The van der Waals surface area contributed by atoms with Gasteiger partial charge in [-0.2, -0.15) is 0 Å². The largest absolute Gasteiger partial charge is 0.394 e. The third-order valence-electron chi connectivity index (χ3n) is 1.46. The Morgan fingerprint density at radius 2 is 2.67 bits per heavy atom. The Hall–Kier alpha value is -1.47. The summed E-state index contributed by atoms with van der Waals surface area (Å²) in [5, 5.41) is 8.49. The van der Waals surface area contributed by atoms with E-state index in [4.69, 9.17) is 10.6 Å². The normalized spacial score (nSPS) is 11.4. The number of aromatic nitrogens is 1. The number of anilines is 1. The van der Waals surface area contributed by atoms with E-state index in [-0.39, 0.29) is 5.71 Å². The Morgan fingerprint density at radius 3 is 3.20 bits per heavy atom. The van der Waals surface area contributed by atoms with Crippen molar-refractivity contribution < 1.29 is 9.63 Å². The number of rotatable bonds is 6. The number of nitrogen functional groups attached to an aromatic ring is 1. The zero-order chi connectivity index (χ0) is 11.1. The number of likely N-dealkylation sites (N-methyl/N-ethyl adjacent to an activating group) is 1. The third-order valence-corrected chi connectivity index (χ3v) is 2.13. The van der Waals surface area contributed by atoms with E-state index in [9.17, 15) is 4.79 Å². The minimum Gasteiger partial charge on any atom is -0.394 e. The van der Waals surface area contributed by atoms with E-state index in [0.29, 0.717) is 24.0 Å². The fraction of sp³-hybridized carbons (Fsp3) is 0.375. The number of nitrogens with two attached hydrogens (primary N) is 1. The minimum atomic E-state index is 0.0269. The summed E-state index contributed by atoms with van der Waals surface area (Å²) >= 11 is 1.23. The first-order chi connectivity index (χ1) is 7.27. The van der Waals surface area contributed by atoms with Crippen molar-refractivity contribution in [2.24, 2.45) is 5.16 Å². The molecule has 81 valence electrons. The van der Waals surface area contributed by atoms with Crippen molar-refractivity contribution in [2.75, 3.05) is 25.9 Å². The van der Waals surface area contributed by atoms with Gasteiger partial charge in [0.2, 0.25) is 0 Å². The molecule has 0 fully saturated rings. The zero-order valence-electron chi connectivity index (χ0n) is 8.19. The summed E-state index contributed by atoms with van der Waals surface area (Å²) in [5.74, 6) is 0. The van der Waals surface area contributed by atoms with Crippen LogP contribution in [0.5, 0.6) is 0 Å². The van der Waals surface area contributed by atoms with Crippen LogP contribution >= 0.6 is 11.3 Å². The van der Waals surface area contributed by atoms with Gasteiger partial charge < -0.3 is 15.9 Å². The summed E-state index contributed by atoms with van der Waals surface area (Å²) in [7, 11) is 1.79. The molecular formula is C8H11N4O2S. The maximum Gasteiger partial charge on any atom is 0.259 e. The lowest BCUT2D eigenvalue weighted by molar-refractivity contribution is 0.148. The highest BCUT2D eigenvalue weighted by Gasteiger charge is 2.08. The van der Waals surface area contributed by atoms with Crippen LogP contribution in [0.4, 0.5) is 5.13 Å². The third kappa shape index (κ3) is 3.64. The highest BCUT2D eigenvalue weighted by atomic mass is 32.1.